The van der Waals surface area contributed by atoms with E-state index < -0.39 is 9.84 Å². The molecule has 0 spiro atoms. The molecule has 0 aromatic heterocycles. The maximum Gasteiger partial charge on any atom is 0.152 e. The lowest BCUT2D eigenvalue weighted by molar-refractivity contribution is 0.0680. The van der Waals surface area contributed by atoms with E-state index in [2.05, 4.69) is 6.92 Å². The molecule has 4 heteroatoms. The van der Waals surface area contributed by atoms with Crippen molar-refractivity contribution in [3.63, 3.8) is 0 Å². The van der Waals surface area contributed by atoms with Crippen molar-refractivity contribution in [3.05, 3.63) is 0 Å². The Morgan fingerprint density at radius 2 is 1.45 bits per heavy atom. The van der Waals surface area contributed by atoms with Gasteiger partial charge < -0.3 is 4.74 Å². The quantitative estimate of drug-likeness (QED) is 0.510. The summed E-state index contributed by atoms with van der Waals surface area (Å²) in [6, 6.07) is 0. The summed E-state index contributed by atoms with van der Waals surface area (Å²) in [7, 11) is -2.78. The largest absolute Gasteiger partial charge is 0.377 e. The number of rotatable bonds is 12. The average Bonchev–Trinajstić information content (AvgIpc) is 2.75. The van der Waals surface area contributed by atoms with Crippen LogP contribution in [0.15, 0.2) is 0 Å². The predicted octanol–water partition coefficient (Wildman–Crippen LogP) is 4.11. The van der Waals surface area contributed by atoms with Crippen LogP contribution in [0.4, 0.5) is 0 Å². The second-order valence-electron chi connectivity index (χ2n) is 6.08. The Kier molecular flexibility index (Phi) is 9.53. The number of ether oxygens (including phenoxy) is 1. The van der Waals surface area contributed by atoms with Crippen LogP contribution in [0, 0.1) is 0 Å². The van der Waals surface area contributed by atoms with Gasteiger partial charge in [-0.2, -0.15) is 0 Å². The molecular weight excluding hydrogens is 272 g/mol. The van der Waals surface area contributed by atoms with Crippen molar-refractivity contribution >= 4 is 9.84 Å². The zero-order valence-corrected chi connectivity index (χ0v) is 13.9. The van der Waals surface area contributed by atoms with E-state index in [1.54, 1.807) is 0 Å². The first-order valence-electron chi connectivity index (χ1n) is 8.46. The first kappa shape index (κ1) is 18.0. The van der Waals surface area contributed by atoms with Gasteiger partial charge in [0.05, 0.1) is 17.6 Å². The molecule has 120 valence electrons. The molecule has 0 aromatic carbocycles. The van der Waals surface area contributed by atoms with E-state index >= 15 is 0 Å². The topological polar surface area (TPSA) is 43.4 Å². The van der Waals surface area contributed by atoms with Crippen molar-refractivity contribution in [1.29, 1.82) is 0 Å². The smallest absolute Gasteiger partial charge is 0.152 e. The Balaban J connectivity index is 1.79. The zero-order chi connectivity index (χ0) is 14.7. The van der Waals surface area contributed by atoms with E-state index in [0.29, 0.717) is 12.2 Å². The van der Waals surface area contributed by atoms with Crippen molar-refractivity contribution in [2.45, 2.75) is 83.7 Å². The standard InChI is InChI=1S/C16H32O3S/c1-2-3-4-5-6-7-8-9-10-11-13-19-16-12-14-20(17,18)15-16/h16H,2-15H2,1H3. The number of sulfone groups is 1. The summed E-state index contributed by atoms with van der Waals surface area (Å²) >= 11 is 0. The highest BCUT2D eigenvalue weighted by atomic mass is 32.2. The Hall–Kier alpha value is -0.0900. The molecule has 1 unspecified atom stereocenters. The van der Waals surface area contributed by atoms with Gasteiger partial charge in [0.15, 0.2) is 9.84 Å². The average molecular weight is 304 g/mol. The highest BCUT2D eigenvalue weighted by molar-refractivity contribution is 7.91. The summed E-state index contributed by atoms with van der Waals surface area (Å²) in [6.45, 7) is 2.99. The molecule has 0 bridgehead atoms. The van der Waals surface area contributed by atoms with Crippen LogP contribution in [0.5, 0.6) is 0 Å². The molecular formula is C16H32O3S. The van der Waals surface area contributed by atoms with E-state index in [1.165, 1.54) is 57.8 Å². The third-order valence-electron chi connectivity index (χ3n) is 4.04. The lowest BCUT2D eigenvalue weighted by Gasteiger charge is -2.09. The van der Waals surface area contributed by atoms with Gasteiger partial charge in [-0.05, 0) is 12.8 Å². The van der Waals surface area contributed by atoms with Crippen LogP contribution in [0.25, 0.3) is 0 Å². The highest BCUT2D eigenvalue weighted by Crippen LogP contribution is 2.15. The first-order chi connectivity index (χ1) is 9.64. The van der Waals surface area contributed by atoms with Gasteiger partial charge in [0.25, 0.3) is 0 Å². The maximum absolute atomic E-state index is 11.3. The summed E-state index contributed by atoms with van der Waals surface area (Å²) in [5, 5.41) is 0. The van der Waals surface area contributed by atoms with Crippen LogP contribution in [-0.4, -0.2) is 32.6 Å². The zero-order valence-electron chi connectivity index (χ0n) is 13.1. The van der Waals surface area contributed by atoms with Gasteiger partial charge in [-0.1, -0.05) is 64.7 Å². The summed E-state index contributed by atoms with van der Waals surface area (Å²) < 4.78 is 28.2. The van der Waals surface area contributed by atoms with Crippen LogP contribution in [-0.2, 0) is 14.6 Å². The highest BCUT2D eigenvalue weighted by Gasteiger charge is 2.28. The first-order valence-corrected chi connectivity index (χ1v) is 10.3. The molecule has 0 amide bonds. The Morgan fingerprint density at radius 3 is 1.95 bits per heavy atom. The molecule has 0 radical (unpaired) electrons. The van der Waals surface area contributed by atoms with Gasteiger partial charge >= 0.3 is 0 Å². The van der Waals surface area contributed by atoms with Crippen molar-refractivity contribution in [1.82, 2.24) is 0 Å². The molecule has 1 aliphatic rings. The number of hydrogen-bond acceptors (Lipinski definition) is 3. The maximum atomic E-state index is 11.3. The molecule has 1 aliphatic heterocycles. The Labute approximate surface area is 125 Å². The van der Waals surface area contributed by atoms with Crippen molar-refractivity contribution in [2.24, 2.45) is 0 Å². The minimum Gasteiger partial charge on any atom is -0.377 e. The lowest BCUT2D eigenvalue weighted by Crippen LogP contribution is -2.15. The fraction of sp³-hybridized carbons (Fsp3) is 1.00. The van der Waals surface area contributed by atoms with E-state index in [1.807, 2.05) is 0 Å². The van der Waals surface area contributed by atoms with Gasteiger partial charge in [-0.3, -0.25) is 0 Å². The van der Waals surface area contributed by atoms with Crippen LogP contribution in [0.2, 0.25) is 0 Å². The Morgan fingerprint density at radius 1 is 0.900 bits per heavy atom. The van der Waals surface area contributed by atoms with E-state index in [0.717, 1.165) is 13.0 Å². The molecule has 0 aromatic rings. The van der Waals surface area contributed by atoms with Crippen LogP contribution in [0.1, 0.15) is 77.6 Å². The molecule has 1 heterocycles. The van der Waals surface area contributed by atoms with Crippen LogP contribution in [0.3, 0.4) is 0 Å². The summed E-state index contributed by atoms with van der Waals surface area (Å²) in [6.07, 6.45) is 13.8. The second-order valence-corrected chi connectivity index (χ2v) is 8.31. The molecule has 3 nitrogen and oxygen atoms in total. The molecule has 20 heavy (non-hydrogen) atoms. The number of unbranched alkanes of at least 4 members (excludes halogenated alkanes) is 9. The van der Waals surface area contributed by atoms with Gasteiger partial charge in [-0.15, -0.1) is 0 Å². The molecule has 0 N–H and O–H groups in total. The molecule has 1 fully saturated rings. The van der Waals surface area contributed by atoms with Gasteiger partial charge in [-0.25, -0.2) is 8.42 Å². The SMILES string of the molecule is CCCCCCCCCCCCOC1CCS(=O)(=O)C1. The van der Waals surface area contributed by atoms with E-state index in [9.17, 15) is 8.42 Å². The van der Waals surface area contributed by atoms with Gasteiger partial charge in [0, 0.05) is 6.61 Å². The predicted molar refractivity (Wildman–Crippen MR) is 84.9 cm³/mol. The second kappa shape index (κ2) is 10.6. The molecule has 0 saturated carbocycles. The normalized spacial score (nSPS) is 21.4. The third kappa shape index (κ3) is 8.96. The van der Waals surface area contributed by atoms with Crippen molar-refractivity contribution in [2.75, 3.05) is 18.1 Å². The third-order valence-corrected chi connectivity index (χ3v) is 5.78. The van der Waals surface area contributed by atoms with Crippen molar-refractivity contribution in [3.8, 4) is 0 Å². The summed E-state index contributed by atoms with van der Waals surface area (Å²) in [5.74, 6) is 0.556. The van der Waals surface area contributed by atoms with Crippen LogP contribution >= 0.6 is 0 Å². The fourth-order valence-corrected chi connectivity index (χ4v) is 4.35. The summed E-state index contributed by atoms with van der Waals surface area (Å²) in [5.41, 5.74) is 0. The van der Waals surface area contributed by atoms with Gasteiger partial charge in [0.2, 0.25) is 0 Å². The molecule has 0 aliphatic carbocycles. The molecule has 1 rings (SSSR count). The molecule has 1 saturated heterocycles. The fourth-order valence-electron chi connectivity index (χ4n) is 2.73. The van der Waals surface area contributed by atoms with E-state index in [4.69, 9.17) is 4.74 Å². The van der Waals surface area contributed by atoms with Gasteiger partial charge in [0.1, 0.15) is 0 Å². The molecule has 1 atom stereocenters. The monoisotopic (exact) mass is 304 g/mol. The number of hydrogen-bond donors (Lipinski definition) is 0. The lowest BCUT2D eigenvalue weighted by atomic mass is 10.1. The Bertz CT molecular complexity index is 325. The summed E-state index contributed by atoms with van der Waals surface area (Å²) in [4.78, 5) is 0. The minimum atomic E-state index is -2.78. The van der Waals surface area contributed by atoms with E-state index in [-0.39, 0.29) is 11.9 Å². The minimum absolute atomic E-state index is 0.0291. The van der Waals surface area contributed by atoms with Crippen LogP contribution < -0.4 is 0 Å². The van der Waals surface area contributed by atoms with Crippen molar-refractivity contribution < 1.29 is 13.2 Å².